The average Bonchev–Trinajstić information content (AvgIpc) is 2.45. The minimum Gasteiger partial charge on any atom is -0.497 e. The van der Waals surface area contributed by atoms with Crippen LogP contribution in [0.15, 0.2) is 48.5 Å². The molecule has 19 heavy (non-hydrogen) atoms. The fraction of sp³-hybridized carbons (Fsp3) is 0.133. The topological polar surface area (TPSA) is 35.5 Å². The molecule has 2 aromatic rings. The van der Waals surface area contributed by atoms with E-state index in [0.29, 0.717) is 17.1 Å². The van der Waals surface area contributed by atoms with Crippen molar-refractivity contribution in [3.8, 4) is 11.5 Å². The molecule has 2 rings (SSSR count). The molecular weight excluding hydrogens is 247 g/mol. The van der Waals surface area contributed by atoms with Gasteiger partial charge in [0, 0.05) is 5.56 Å². The molecule has 0 aliphatic heterocycles. The molecule has 0 radical (unpaired) electrons. The summed E-state index contributed by atoms with van der Waals surface area (Å²) in [6.07, 6.45) is 0. The standard InChI is InChI=1S/C15H13FO3/c1-18-13-5-7-14(8-6-13)19-10-15(17)11-3-2-4-12(16)9-11/h2-9H,10H2,1H3. The molecule has 0 heterocycles. The second-order valence-corrected chi connectivity index (χ2v) is 3.90. The third kappa shape index (κ3) is 3.55. The van der Waals surface area contributed by atoms with E-state index in [2.05, 4.69) is 0 Å². The van der Waals surface area contributed by atoms with Crippen molar-refractivity contribution in [1.29, 1.82) is 0 Å². The first-order valence-electron chi connectivity index (χ1n) is 5.74. The summed E-state index contributed by atoms with van der Waals surface area (Å²) in [4.78, 5) is 11.8. The van der Waals surface area contributed by atoms with Crippen LogP contribution in [0.3, 0.4) is 0 Å². The van der Waals surface area contributed by atoms with Crippen LogP contribution in [0.1, 0.15) is 10.4 Å². The number of carbonyl (C=O) groups is 1. The highest BCUT2D eigenvalue weighted by Crippen LogP contribution is 2.17. The lowest BCUT2D eigenvalue weighted by molar-refractivity contribution is 0.0921. The first-order chi connectivity index (χ1) is 9.19. The predicted octanol–water partition coefficient (Wildman–Crippen LogP) is 3.10. The Bertz CT molecular complexity index is 564. The Kier molecular flexibility index (Phi) is 4.13. The molecule has 0 bridgehead atoms. The van der Waals surface area contributed by atoms with Crippen LogP contribution in [0, 0.1) is 5.82 Å². The molecule has 0 N–H and O–H groups in total. The zero-order chi connectivity index (χ0) is 13.7. The maximum absolute atomic E-state index is 13.0. The maximum atomic E-state index is 13.0. The number of Topliss-reactive ketones (excluding diaryl/α,β-unsaturated/α-hetero) is 1. The normalized spacial score (nSPS) is 10.0. The number of hydrogen-bond acceptors (Lipinski definition) is 3. The number of ketones is 1. The van der Waals surface area contributed by atoms with Crippen LogP contribution in [0.4, 0.5) is 4.39 Å². The van der Waals surface area contributed by atoms with Gasteiger partial charge >= 0.3 is 0 Å². The minimum absolute atomic E-state index is 0.129. The molecule has 0 aliphatic rings. The van der Waals surface area contributed by atoms with E-state index >= 15 is 0 Å². The van der Waals surface area contributed by atoms with Gasteiger partial charge in [0.15, 0.2) is 12.4 Å². The number of rotatable bonds is 5. The summed E-state index contributed by atoms with van der Waals surface area (Å²) in [5, 5.41) is 0. The predicted molar refractivity (Wildman–Crippen MR) is 69.2 cm³/mol. The van der Waals surface area contributed by atoms with Crippen LogP contribution in [0.25, 0.3) is 0 Å². The van der Waals surface area contributed by atoms with Crippen molar-refractivity contribution in [3.05, 3.63) is 59.9 Å². The van der Waals surface area contributed by atoms with Crippen molar-refractivity contribution in [2.75, 3.05) is 13.7 Å². The van der Waals surface area contributed by atoms with Gasteiger partial charge in [-0.2, -0.15) is 0 Å². The summed E-state index contributed by atoms with van der Waals surface area (Å²) in [5.74, 6) is 0.569. The van der Waals surface area contributed by atoms with Gasteiger partial charge in [-0.3, -0.25) is 4.79 Å². The highest BCUT2D eigenvalue weighted by atomic mass is 19.1. The van der Waals surface area contributed by atoms with E-state index in [-0.39, 0.29) is 12.4 Å². The first kappa shape index (κ1) is 13.1. The third-order valence-electron chi connectivity index (χ3n) is 2.58. The van der Waals surface area contributed by atoms with Gasteiger partial charge in [0.05, 0.1) is 7.11 Å². The van der Waals surface area contributed by atoms with Gasteiger partial charge in [-0.15, -0.1) is 0 Å². The smallest absolute Gasteiger partial charge is 0.200 e. The Morgan fingerprint density at radius 2 is 1.79 bits per heavy atom. The molecule has 0 saturated heterocycles. The lowest BCUT2D eigenvalue weighted by Gasteiger charge is -2.06. The maximum Gasteiger partial charge on any atom is 0.200 e. The molecule has 0 spiro atoms. The number of hydrogen-bond donors (Lipinski definition) is 0. The number of carbonyl (C=O) groups excluding carboxylic acids is 1. The number of benzene rings is 2. The van der Waals surface area contributed by atoms with Crippen molar-refractivity contribution in [1.82, 2.24) is 0 Å². The van der Waals surface area contributed by atoms with Crippen LogP contribution < -0.4 is 9.47 Å². The molecule has 0 saturated carbocycles. The van der Waals surface area contributed by atoms with Gasteiger partial charge < -0.3 is 9.47 Å². The molecule has 0 atom stereocenters. The second-order valence-electron chi connectivity index (χ2n) is 3.90. The zero-order valence-corrected chi connectivity index (χ0v) is 10.4. The molecule has 3 nitrogen and oxygen atoms in total. The third-order valence-corrected chi connectivity index (χ3v) is 2.58. The minimum atomic E-state index is -0.435. The number of halogens is 1. The van der Waals surface area contributed by atoms with Gasteiger partial charge in [-0.05, 0) is 36.4 Å². The Morgan fingerprint density at radius 1 is 1.11 bits per heavy atom. The van der Waals surface area contributed by atoms with E-state index in [0.717, 1.165) is 0 Å². The van der Waals surface area contributed by atoms with Gasteiger partial charge in [0.2, 0.25) is 0 Å². The molecular formula is C15H13FO3. The van der Waals surface area contributed by atoms with E-state index in [1.807, 2.05) is 0 Å². The lowest BCUT2D eigenvalue weighted by Crippen LogP contribution is -2.11. The highest BCUT2D eigenvalue weighted by molar-refractivity contribution is 5.97. The molecule has 98 valence electrons. The second kappa shape index (κ2) is 6.00. The molecule has 0 unspecified atom stereocenters. The lowest BCUT2D eigenvalue weighted by atomic mass is 10.1. The van der Waals surface area contributed by atoms with E-state index in [1.54, 1.807) is 37.4 Å². The Balaban J connectivity index is 1.96. The summed E-state index contributed by atoms with van der Waals surface area (Å²) in [6.45, 7) is -0.129. The Hall–Kier alpha value is -2.36. The SMILES string of the molecule is COc1ccc(OCC(=O)c2cccc(F)c2)cc1. The molecule has 2 aromatic carbocycles. The van der Waals surface area contributed by atoms with Gasteiger partial charge in [0.25, 0.3) is 0 Å². The van der Waals surface area contributed by atoms with Crippen LogP contribution >= 0.6 is 0 Å². The summed E-state index contributed by atoms with van der Waals surface area (Å²) in [7, 11) is 1.57. The molecule has 0 aromatic heterocycles. The summed E-state index contributed by atoms with van der Waals surface area (Å²) in [5.41, 5.74) is 0.300. The first-order valence-corrected chi connectivity index (χ1v) is 5.74. The van der Waals surface area contributed by atoms with Gasteiger partial charge in [0.1, 0.15) is 17.3 Å². The molecule has 0 fully saturated rings. The average molecular weight is 260 g/mol. The Labute approximate surface area is 110 Å². The van der Waals surface area contributed by atoms with E-state index in [1.165, 1.54) is 18.2 Å². The van der Waals surface area contributed by atoms with Crippen LogP contribution in [-0.2, 0) is 0 Å². The summed E-state index contributed by atoms with van der Waals surface area (Å²) >= 11 is 0. The van der Waals surface area contributed by atoms with E-state index in [9.17, 15) is 9.18 Å². The van der Waals surface area contributed by atoms with Crippen molar-refractivity contribution in [2.45, 2.75) is 0 Å². The van der Waals surface area contributed by atoms with Crippen LogP contribution in [0.2, 0.25) is 0 Å². The fourth-order valence-electron chi connectivity index (χ4n) is 1.57. The number of methoxy groups -OCH3 is 1. The van der Waals surface area contributed by atoms with Gasteiger partial charge in [-0.25, -0.2) is 4.39 Å². The Morgan fingerprint density at radius 3 is 2.42 bits per heavy atom. The number of ether oxygens (including phenoxy) is 2. The summed E-state index contributed by atoms with van der Waals surface area (Å²) in [6, 6.07) is 12.4. The molecule has 0 aliphatic carbocycles. The zero-order valence-electron chi connectivity index (χ0n) is 10.4. The van der Waals surface area contributed by atoms with Crippen LogP contribution in [-0.4, -0.2) is 19.5 Å². The van der Waals surface area contributed by atoms with Crippen molar-refractivity contribution in [3.63, 3.8) is 0 Å². The van der Waals surface area contributed by atoms with Crippen molar-refractivity contribution < 1.29 is 18.7 Å². The molecule has 0 amide bonds. The van der Waals surface area contributed by atoms with Crippen molar-refractivity contribution >= 4 is 5.78 Å². The van der Waals surface area contributed by atoms with Crippen molar-refractivity contribution in [2.24, 2.45) is 0 Å². The summed E-state index contributed by atoms with van der Waals surface area (Å²) < 4.78 is 23.3. The fourth-order valence-corrected chi connectivity index (χ4v) is 1.57. The van der Waals surface area contributed by atoms with E-state index in [4.69, 9.17) is 9.47 Å². The van der Waals surface area contributed by atoms with Crippen LogP contribution in [0.5, 0.6) is 11.5 Å². The largest absolute Gasteiger partial charge is 0.497 e. The molecule has 4 heteroatoms. The highest BCUT2D eigenvalue weighted by Gasteiger charge is 2.07. The van der Waals surface area contributed by atoms with E-state index < -0.39 is 5.82 Å². The quantitative estimate of drug-likeness (QED) is 0.775. The monoisotopic (exact) mass is 260 g/mol. The van der Waals surface area contributed by atoms with Gasteiger partial charge in [-0.1, -0.05) is 12.1 Å².